The Kier molecular flexibility index (Phi) is 6.68. The summed E-state index contributed by atoms with van der Waals surface area (Å²) in [5.41, 5.74) is -0.498. The molecule has 1 fully saturated rings. The number of esters is 1. The van der Waals surface area contributed by atoms with Crippen LogP contribution in [-0.2, 0) is 19.0 Å². The van der Waals surface area contributed by atoms with Crippen molar-refractivity contribution in [1.82, 2.24) is 0 Å². The molecule has 118 valence electrons. The predicted octanol–water partition coefficient (Wildman–Crippen LogP) is 4.20. The third kappa shape index (κ3) is 4.30. The van der Waals surface area contributed by atoms with Gasteiger partial charge in [0, 0.05) is 6.92 Å². The monoisotopic (exact) mass is 302 g/mol. The molecule has 0 heterocycles. The largest absolute Gasteiger partial charge is 0.459 e. The summed E-state index contributed by atoms with van der Waals surface area (Å²) in [7, 11) is -1.78. The Morgan fingerprint density at radius 2 is 1.80 bits per heavy atom. The van der Waals surface area contributed by atoms with Crippen molar-refractivity contribution in [3.63, 3.8) is 0 Å². The normalized spacial score (nSPS) is 27.4. The summed E-state index contributed by atoms with van der Waals surface area (Å²) in [4.78, 5) is 17.2. The lowest BCUT2D eigenvalue weighted by molar-refractivity contribution is -0.328. The lowest BCUT2D eigenvalue weighted by Gasteiger charge is -2.41. The summed E-state index contributed by atoms with van der Waals surface area (Å²) in [5.74, 6) is -0.239. The van der Waals surface area contributed by atoms with Crippen LogP contribution in [0.1, 0.15) is 60.3 Å². The van der Waals surface area contributed by atoms with Gasteiger partial charge in [0.15, 0.2) is 0 Å². The smallest absolute Gasteiger partial charge is 0.303 e. The van der Waals surface area contributed by atoms with Crippen LogP contribution in [0.5, 0.6) is 0 Å². The minimum atomic E-state index is -1.78. The second-order valence-corrected chi connectivity index (χ2v) is 10.7. The van der Waals surface area contributed by atoms with E-state index in [0.29, 0.717) is 0 Å². The van der Waals surface area contributed by atoms with Gasteiger partial charge in [-0.2, -0.15) is 0 Å². The van der Waals surface area contributed by atoms with E-state index in [2.05, 4.69) is 20.8 Å². The molecule has 0 amide bonds. The first-order valence-electron chi connectivity index (χ1n) is 7.95. The summed E-state index contributed by atoms with van der Waals surface area (Å²) in [6, 6.07) is 3.15. The number of hydrogen-bond acceptors (Lipinski definition) is 4. The fraction of sp³-hybridized carbons (Fsp3) is 0.933. The molecular weight excluding hydrogens is 272 g/mol. The van der Waals surface area contributed by atoms with E-state index in [-0.39, 0.29) is 12.1 Å². The van der Waals surface area contributed by atoms with Crippen molar-refractivity contribution in [1.29, 1.82) is 0 Å². The molecule has 0 aromatic rings. The summed E-state index contributed by atoms with van der Waals surface area (Å²) in [5, 5.41) is 0. The molecule has 2 atom stereocenters. The molecule has 1 aliphatic rings. The molecule has 0 aromatic carbocycles. The van der Waals surface area contributed by atoms with Crippen LogP contribution in [0, 0.1) is 0 Å². The molecule has 0 radical (unpaired) electrons. The third-order valence-electron chi connectivity index (χ3n) is 4.72. The van der Waals surface area contributed by atoms with Crippen LogP contribution in [0.25, 0.3) is 0 Å². The number of hydrogen-bond donors (Lipinski definition) is 0. The van der Waals surface area contributed by atoms with E-state index >= 15 is 0 Å². The average Bonchev–Trinajstić information content (AvgIpc) is 2.43. The van der Waals surface area contributed by atoms with E-state index in [1.165, 1.54) is 6.92 Å². The molecule has 20 heavy (non-hydrogen) atoms. The van der Waals surface area contributed by atoms with Gasteiger partial charge in [-0.1, -0.05) is 27.2 Å². The Morgan fingerprint density at radius 3 is 2.30 bits per heavy atom. The minimum Gasteiger partial charge on any atom is -0.459 e. The van der Waals surface area contributed by atoms with E-state index in [0.717, 1.165) is 43.8 Å². The van der Waals surface area contributed by atoms with Crippen molar-refractivity contribution in [2.75, 3.05) is 0 Å². The molecule has 0 N–H and O–H groups in total. The number of carbonyl (C=O) groups is 1. The zero-order valence-corrected chi connectivity index (χ0v) is 14.7. The van der Waals surface area contributed by atoms with Gasteiger partial charge in [0.05, 0.1) is 0 Å². The van der Waals surface area contributed by atoms with Crippen LogP contribution < -0.4 is 0 Å². The molecule has 5 heteroatoms. The zero-order chi connectivity index (χ0) is 15.2. The van der Waals surface area contributed by atoms with E-state index in [9.17, 15) is 4.79 Å². The van der Waals surface area contributed by atoms with Gasteiger partial charge < -0.3 is 4.74 Å². The molecule has 0 saturated heterocycles. The van der Waals surface area contributed by atoms with Crippen LogP contribution in [0.3, 0.4) is 0 Å². The Labute approximate surface area is 124 Å². The summed E-state index contributed by atoms with van der Waals surface area (Å²) in [6.45, 7) is 10.00. The number of rotatable bonds is 7. The molecule has 1 aliphatic carbocycles. The second kappa shape index (κ2) is 7.57. The van der Waals surface area contributed by atoms with Crippen molar-refractivity contribution in [3.8, 4) is 0 Å². The highest BCUT2D eigenvalue weighted by atomic mass is 28.4. The molecule has 0 aromatic heterocycles. The van der Waals surface area contributed by atoms with Crippen molar-refractivity contribution in [2.24, 2.45) is 0 Å². The SMILES string of the molecule is CC[Si](CC)(CC)OOC1(C)CCCCC1OC(C)=O. The van der Waals surface area contributed by atoms with Gasteiger partial charge in [-0.3, -0.25) is 9.37 Å². The van der Waals surface area contributed by atoms with Gasteiger partial charge in [-0.25, -0.2) is 4.89 Å². The first-order valence-corrected chi connectivity index (χ1v) is 10.5. The Hall–Kier alpha value is -0.393. The number of ether oxygens (including phenoxy) is 1. The first-order chi connectivity index (χ1) is 9.41. The van der Waals surface area contributed by atoms with Gasteiger partial charge in [0.25, 0.3) is 0 Å². The van der Waals surface area contributed by atoms with Crippen LogP contribution >= 0.6 is 0 Å². The van der Waals surface area contributed by atoms with Crippen LogP contribution in [0.15, 0.2) is 0 Å². The van der Waals surface area contributed by atoms with Crippen molar-refractivity contribution >= 4 is 14.3 Å². The highest BCUT2D eigenvalue weighted by Crippen LogP contribution is 2.36. The van der Waals surface area contributed by atoms with Gasteiger partial charge in [0.2, 0.25) is 8.32 Å². The maximum atomic E-state index is 11.3. The summed E-state index contributed by atoms with van der Waals surface area (Å²) in [6.07, 6.45) is 3.72. The molecule has 4 nitrogen and oxygen atoms in total. The van der Waals surface area contributed by atoms with E-state index < -0.39 is 13.9 Å². The van der Waals surface area contributed by atoms with Crippen LogP contribution in [0.4, 0.5) is 0 Å². The highest BCUT2D eigenvalue weighted by molar-refractivity contribution is 6.73. The summed E-state index contributed by atoms with van der Waals surface area (Å²) >= 11 is 0. The van der Waals surface area contributed by atoms with Gasteiger partial charge in [0.1, 0.15) is 11.7 Å². The lowest BCUT2D eigenvalue weighted by Crippen LogP contribution is -2.50. The van der Waals surface area contributed by atoms with Crippen molar-refractivity contribution in [2.45, 2.75) is 90.1 Å². The maximum absolute atomic E-state index is 11.3. The van der Waals surface area contributed by atoms with E-state index in [1.807, 2.05) is 6.92 Å². The number of carbonyl (C=O) groups excluding carboxylic acids is 1. The molecule has 1 rings (SSSR count). The molecule has 0 aliphatic heterocycles. The van der Waals surface area contributed by atoms with E-state index in [4.69, 9.17) is 14.2 Å². The standard InChI is InChI=1S/C15H30O4Si/c1-6-20(7-2,8-3)19-18-15(5)12-10-9-11-14(15)17-13(4)16/h14H,6-12H2,1-5H3. The van der Waals surface area contributed by atoms with Gasteiger partial charge >= 0.3 is 5.97 Å². The third-order valence-corrected chi connectivity index (χ3v) is 9.02. The van der Waals surface area contributed by atoms with Crippen molar-refractivity contribution in [3.05, 3.63) is 0 Å². The summed E-state index contributed by atoms with van der Waals surface area (Å²) < 4.78 is 11.4. The Balaban J connectivity index is 2.72. The molecular formula is C15H30O4Si. The van der Waals surface area contributed by atoms with Gasteiger partial charge in [-0.05, 0) is 44.3 Å². The zero-order valence-electron chi connectivity index (χ0n) is 13.7. The maximum Gasteiger partial charge on any atom is 0.303 e. The molecule has 2 unspecified atom stereocenters. The highest BCUT2D eigenvalue weighted by Gasteiger charge is 2.43. The molecule has 0 bridgehead atoms. The Morgan fingerprint density at radius 1 is 1.20 bits per heavy atom. The lowest BCUT2D eigenvalue weighted by atomic mass is 9.83. The fourth-order valence-electron chi connectivity index (χ4n) is 2.86. The minimum absolute atomic E-state index is 0.189. The average molecular weight is 302 g/mol. The van der Waals surface area contributed by atoms with Gasteiger partial charge in [-0.15, -0.1) is 0 Å². The quantitative estimate of drug-likeness (QED) is 0.306. The first kappa shape index (κ1) is 17.7. The fourth-order valence-corrected chi connectivity index (χ4v) is 5.08. The topological polar surface area (TPSA) is 44.8 Å². The predicted molar refractivity (Wildman–Crippen MR) is 81.8 cm³/mol. The Bertz CT molecular complexity index is 309. The molecule has 1 saturated carbocycles. The second-order valence-electron chi connectivity index (χ2n) is 6.07. The van der Waals surface area contributed by atoms with Crippen molar-refractivity contribution < 1.29 is 19.0 Å². The molecule has 0 spiro atoms. The van der Waals surface area contributed by atoms with Crippen LogP contribution in [-0.4, -0.2) is 26.0 Å². The van der Waals surface area contributed by atoms with E-state index in [1.54, 1.807) is 0 Å². The van der Waals surface area contributed by atoms with Crippen LogP contribution in [0.2, 0.25) is 18.1 Å².